The number of benzene rings is 1. The molecule has 5 nitrogen and oxygen atoms in total. The Morgan fingerprint density at radius 2 is 1.95 bits per heavy atom. The van der Waals surface area contributed by atoms with Gasteiger partial charge in [0.2, 0.25) is 12.7 Å². The zero-order valence-electron chi connectivity index (χ0n) is 12.3. The number of likely N-dealkylation sites (tertiary alicyclic amines) is 1. The molecule has 1 saturated heterocycles. The van der Waals surface area contributed by atoms with Gasteiger partial charge >= 0.3 is 0 Å². The molecule has 0 saturated carbocycles. The number of amides is 1. The number of ether oxygens (including phenoxy) is 2. The minimum Gasteiger partial charge on any atom is -0.454 e. The van der Waals surface area contributed by atoms with Gasteiger partial charge in [-0.3, -0.25) is 4.79 Å². The summed E-state index contributed by atoms with van der Waals surface area (Å²) in [6, 6.07) is 5.77. The van der Waals surface area contributed by atoms with Crippen molar-refractivity contribution in [2.45, 2.75) is 32.2 Å². The van der Waals surface area contributed by atoms with Crippen LogP contribution in [0.4, 0.5) is 0 Å². The third kappa shape index (κ3) is 3.88. The molecular formula is C16H22N2O3. The first-order chi connectivity index (χ1) is 10.3. The fourth-order valence-electron chi connectivity index (χ4n) is 2.78. The van der Waals surface area contributed by atoms with Gasteiger partial charge in [-0.25, -0.2) is 0 Å². The van der Waals surface area contributed by atoms with E-state index < -0.39 is 0 Å². The number of nitrogens with one attached hydrogen (secondary N) is 1. The number of hydrogen-bond acceptors (Lipinski definition) is 4. The third-order valence-corrected chi connectivity index (χ3v) is 4.03. The van der Waals surface area contributed by atoms with Crippen LogP contribution in [0, 0.1) is 0 Å². The molecule has 0 bridgehead atoms. The van der Waals surface area contributed by atoms with E-state index in [1.165, 1.54) is 19.3 Å². The Kier molecular flexibility index (Phi) is 4.60. The van der Waals surface area contributed by atoms with E-state index in [4.69, 9.17) is 9.47 Å². The summed E-state index contributed by atoms with van der Waals surface area (Å²) in [6.45, 7) is 3.95. The number of fused-ring (bicyclic) bond motifs is 1. The predicted molar refractivity (Wildman–Crippen MR) is 79.3 cm³/mol. The van der Waals surface area contributed by atoms with Crippen molar-refractivity contribution in [3.63, 3.8) is 0 Å². The molecule has 2 aliphatic heterocycles. The molecule has 3 rings (SSSR count). The van der Waals surface area contributed by atoms with Gasteiger partial charge in [0.25, 0.3) is 0 Å². The number of nitrogens with zero attached hydrogens (tertiary/aromatic N) is 1. The summed E-state index contributed by atoms with van der Waals surface area (Å²) in [5, 5.41) is 2.97. The molecule has 1 aromatic carbocycles. The Labute approximate surface area is 125 Å². The first kappa shape index (κ1) is 14.2. The molecule has 1 fully saturated rings. The molecule has 1 N–H and O–H groups in total. The number of carbonyl (C=O) groups excluding carboxylic acids is 1. The second-order valence-electron chi connectivity index (χ2n) is 5.62. The average Bonchev–Trinajstić information content (AvgIpc) is 2.99. The van der Waals surface area contributed by atoms with Crippen molar-refractivity contribution in [1.82, 2.24) is 10.2 Å². The lowest BCUT2D eigenvalue weighted by Crippen LogP contribution is -2.34. The molecule has 1 amide bonds. The molecule has 2 aliphatic rings. The summed E-state index contributed by atoms with van der Waals surface area (Å²) in [5.74, 6) is 1.64. The van der Waals surface area contributed by atoms with Gasteiger partial charge in [0.1, 0.15) is 0 Å². The van der Waals surface area contributed by atoms with Crippen LogP contribution < -0.4 is 14.8 Å². The fraction of sp³-hybridized carbons (Fsp3) is 0.562. The average molecular weight is 290 g/mol. The normalized spacial score (nSPS) is 17.7. The second kappa shape index (κ2) is 6.80. The van der Waals surface area contributed by atoms with Gasteiger partial charge in [-0.05, 0) is 43.6 Å². The highest BCUT2D eigenvalue weighted by Gasteiger charge is 2.14. The quantitative estimate of drug-likeness (QED) is 0.900. The molecule has 114 valence electrons. The van der Waals surface area contributed by atoms with Gasteiger partial charge in [-0.2, -0.15) is 0 Å². The van der Waals surface area contributed by atoms with E-state index in [2.05, 4.69) is 10.2 Å². The van der Waals surface area contributed by atoms with Crippen LogP contribution in [0.25, 0.3) is 0 Å². The van der Waals surface area contributed by atoms with E-state index in [1.807, 2.05) is 18.2 Å². The first-order valence-electron chi connectivity index (χ1n) is 7.69. The number of carbonyl (C=O) groups is 1. The molecule has 21 heavy (non-hydrogen) atoms. The third-order valence-electron chi connectivity index (χ3n) is 4.03. The Bertz CT molecular complexity index is 498. The van der Waals surface area contributed by atoms with Crippen molar-refractivity contribution in [3.8, 4) is 11.5 Å². The Hall–Kier alpha value is -1.75. The van der Waals surface area contributed by atoms with E-state index in [1.54, 1.807) is 0 Å². The van der Waals surface area contributed by atoms with Crippen LogP contribution in [0.5, 0.6) is 11.5 Å². The van der Waals surface area contributed by atoms with Crippen LogP contribution >= 0.6 is 0 Å². The molecule has 5 heteroatoms. The van der Waals surface area contributed by atoms with Gasteiger partial charge < -0.3 is 19.7 Å². The predicted octanol–water partition coefficient (Wildman–Crippen LogP) is 1.91. The zero-order valence-corrected chi connectivity index (χ0v) is 12.3. The molecule has 0 spiro atoms. The highest BCUT2D eigenvalue weighted by atomic mass is 16.7. The molecule has 0 atom stereocenters. The molecule has 0 radical (unpaired) electrons. The van der Waals surface area contributed by atoms with Gasteiger partial charge in [-0.15, -0.1) is 0 Å². The van der Waals surface area contributed by atoms with Crippen LogP contribution in [0.15, 0.2) is 18.2 Å². The highest BCUT2D eigenvalue weighted by Crippen LogP contribution is 2.32. The second-order valence-corrected chi connectivity index (χ2v) is 5.62. The van der Waals surface area contributed by atoms with Crippen molar-refractivity contribution < 1.29 is 14.3 Å². The standard InChI is InChI=1S/C16H22N2O3/c19-16(6-9-18-7-2-1-3-8-18)17-11-13-4-5-14-15(10-13)21-12-20-14/h4-5,10H,1-3,6-9,11-12H2,(H,17,19). The molecular weight excluding hydrogens is 268 g/mol. The fourth-order valence-corrected chi connectivity index (χ4v) is 2.78. The first-order valence-corrected chi connectivity index (χ1v) is 7.69. The highest BCUT2D eigenvalue weighted by molar-refractivity contribution is 5.76. The molecule has 1 aromatic rings. The van der Waals surface area contributed by atoms with Gasteiger partial charge in [0.05, 0.1) is 0 Å². The zero-order chi connectivity index (χ0) is 14.5. The van der Waals surface area contributed by atoms with Crippen LogP contribution in [0.3, 0.4) is 0 Å². The lowest BCUT2D eigenvalue weighted by atomic mass is 10.1. The van der Waals surface area contributed by atoms with Crippen molar-refractivity contribution in [3.05, 3.63) is 23.8 Å². The maximum atomic E-state index is 11.9. The van der Waals surface area contributed by atoms with Gasteiger partial charge in [0, 0.05) is 19.5 Å². The summed E-state index contributed by atoms with van der Waals surface area (Å²) in [4.78, 5) is 14.3. The summed E-state index contributed by atoms with van der Waals surface area (Å²) >= 11 is 0. The van der Waals surface area contributed by atoms with Crippen LogP contribution in [-0.4, -0.2) is 37.2 Å². The largest absolute Gasteiger partial charge is 0.454 e. The smallest absolute Gasteiger partial charge is 0.231 e. The summed E-state index contributed by atoms with van der Waals surface area (Å²) in [5.41, 5.74) is 1.03. The summed E-state index contributed by atoms with van der Waals surface area (Å²) in [7, 11) is 0. The lowest BCUT2D eigenvalue weighted by molar-refractivity contribution is -0.121. The maximum absolute atomic E-state index is 11.9. The molecule has 0 aliphatic carbocycles. The minimum atomic E-state index is 0.109. The maximum Gasteiger partial charge on any atom is 0.231 e. The molecule has 0 aromatic heterocycles. The van der Waals surface area contributed by atoms with Crippen LogP contribution in [0.2, 0.25) is 0 Å². The van der Waals surface area contributed by atoms with E-state index >= 15 is 0 Å². The molecule has 0 unspecified atom stereocenters. The number of rotatable bonds is 5. The van der Waals surface area contributed by atoms with E-state index in [0.717, 1.165) is 36.7 Å². The van der Waals surface area contributed by atoms with Gasteiger partial charge in [-0.1, -0.05) is 12.5 Å². The lowest BCUT2D eigenvalue weighted by Gasteiger charge is -2.25. The summed E-state index contributed by atoms with van der Waals surface area (Å²) in [6.07, 6.45) is 4.43. The summed E-state index contributed by atoms with van der Waals surface area (Å²) < 4.78 is 10.6. The van der Waals surface area contributed by atoms with Crippen molar-refractivity contribution in [2.75, 3.05) is 26.4 Å². The van der Waals surface area contributed by atoms with Crippen molar-refractivity contribution in [1.29, 1.82) is 0 Å². The van der Waals surface area contributed by atoms with Crippen molar-refractivity contribution >= 4 is 5.91 Å². The minimum absolute atomic E-state index is 0.109. The Morgan fingerprint density at radius 3 is 2.81 bits per heavy atom. The van der Waals surface area contributed by atoms with E-state index in [9.17, 15) is 4.79 Å². The SMILES string of the molecule is O=C(CCN1CCCCC1)NCc1ccc2c(c1)OCO2. The van der Waals surface area contributed by atoms with Crippen LogP contribution in [0.1, 0.15) is 31.2 Å². The molecule has 2 heterocycles. The van der Waals surface area contributed by atoms with Gasteiger partial charge in [0.15, 0.2) is 11.5 Å². The monoisotopic (exact) mass is 290 g/mol. The Balaban J connectivity index is 1.41. The topological polar surface area (TPSA) is 50.8 Å². The number of hydrogen-bond donors (Lipinski definition) is 1. The van der Waals surface area contributed by atoms with E-state index in [0.29, 0.717) is 13.0 Å². The van der Waals surface area contributed by atoms with Crippen LogP contribution in [-0.2, 0) is 11.3 Å². The van der Waals surface area contributed by atoms with Crippen molar-refractivity contribution in [2.24, 2.45) is 0 Å². The number of piperidine rings is 1. The van der Waals surface area contributed by atoms with E-state index in [-0.39, 0.29) is 12.7 Å². The Morgan fingerprint density at radius 1 is 1.14 bits per heavy atom.